The molecule has 0 aromatic rings. The van der Waals surface area contributed by atoms with E-state index >= 15 is 0 Å². The van der Waals surface area contributed by atoms with Crippen molar-refractivity contribution in [2.45, 2.75) is 124 Å². The zero-order chi connectivity index (χ0) is 25.5. The van der Waals surface area contributed by atoms with Gasteiger partial charge in [-0.2, -0.15) is 0 Å². The van der Waals surface area contributed by atoms with E-state index in [1.165, 1.54) is 0 Å². The molecule has 33 heavy (non-hydrogen) atoms. The summed E-state index contributed by atoms with van der Waals surface area (Å²) in [7, 11) is 0. The molecule has 0 spiro atoms. The van der Waals surface area contributed by atoms with Gasteiger partial charge in [-0.25, -0.2) is 4.79 Å². The second kappa shape index (κ2) is 16.1. The molecule has 0 heterocycles. The van der Waals surface area contributed by atoms with E-state index in [9.17, 15) is 29.7 Å². The minimum atomic E-state index is -2.32. The summed E-state index contributed by atoms with van der Waals surface area (Å²) in [5, 5.41) is 30.8. The lowest BCUT2D eigenvalue weighted by molar-refractivity contribution is -0.211. The van der Waals surface area contributed by atoms with Crippen LogP contribution in [-0.2, 0) is 19.1 Å². The second-order valence-electron chi connectivity index (χ2n) is 9.53. The molecule has 0 aliphatic rings. The van der Waals surface area contributed by atoms with Gasteiger partial charge in [-0.3, -0.25) is 9.59 Å². The van der Waals surface area contributed by atoms with Crippen LogP contribution in [0, 0.1) is 17.3 Å². The van der Waals surface area contributed by atoms with Crippen LogP contribution in [0.15, 0.2) is 0 Å². The number of aliphatic carboxylic acids is 3. The van der Waals surface area contributed by atoms with Crippen LogP contribution >= 0.6 is 0 Å². The lowest BCUT2D eigenvalue weighted by Gasteiger charge is -2.47. The molecular formula is C26H48O7. The third-order valence-electron chi connectivity index (χ3n) is 7.14. The molecular weight excluding hydrogens is 424 g/mol. The zero-order valence-electron chi connectivity index (χ0n) is 21.5. The Hall–Kier alpha value is -1.63. The molecule has 0 bridgehead atoms. The lowest BCUT2D eigenvalue weighted by atomic mass is 9.60. The van der Waals surface area contributed by atoms with E-state index in [1.807, 2.05) is 20.8 Å². The molecule has 0 fully saturated rings. The van der Waals surface area contributed by atoms with Gasteiger partial charge in [-0.05, 0) is 31.1 Å². The van der Waals surface area contributed by atoms with Crippen LogP contribution < -0.4 is 0 Å². The highest BCUT2D eigenvalue weighted by Crippen LogP contribution is 2.50. The molecule has 0 aromatic carbocycles. The monoisotopic (exact) mass is 472 g/mol. The van der Waals surface area contributed by atoms with Gasteiger partial charge < -0.3 is 20.1 Å². The molecule has 0 aromatic heterocycles. The molecule has 3 N–H and O–H groups in total. The molecule has 0 radical (unpaired) electrons. The lowest BCUT2D eigenvalue weighted by Crippen LogP contribution is -2.62. The van der Waals surface area contributed by atoms with Crippen molar-refractivity contribution in [1.29, 1.82) is 0 Å². The molecule has 7 nitrogen and oxygen atoms in total. The van der Waals surface area contributed by atoms with Crippen molar-refractivity contribution in [2.75, 3.05) is 6.61 Å². The first kappa shape index (κ1) is 31.4. The first-order chi connectivity index (χ1) is 15.6. The van der Waals surface area contributed by atoms with Gasteiger partial charge >= 0.3 is 17.9 Å². The number of unbranched alkanes of at least 4 members (excludes halogenated alkanes) is 3. The average Bonchev–Trinajstić information content (AvgIpc) is 2.76. The summed E-state index contributed by atoms with van der Waals surface area (Å²) >= 11 is 0. The van der Waals surface area contributed by atoms with Crippen molar-refractivity contribution in [3.8, 4) is 0 Å². The summed E-state index contributed by atoms with van der Waals surface area (Å²) in [5.74, 6) is -4.14. The smallest absolute Gasteiger partial charge is 0.337 e. The molecule has 3 unspecified atom stereocenters. The first-order valence-corrected chi connectivity index (χ1v) is 12.9. The minimum absolute atomic E-state index is 0.0165. The van der Waals surface area contributed by atoms with Gasteiger partial charge in [0.25, 0.3) is 0 Å². The van der Waals surface area contributed by atoms with E-state index < -0.39 is 35.3 Å². The predicted molar refractivity (Wildman–Crippen MR) is 129 cm³/mol. The van der Waals surface area contributed by atoms with E-state index in [0.29, 0.717) is 19.3 Å². The van der Waals surface area contributed by atoms with Crippen LogP contribution in [0.4, 0.5) is 0 Å². The Morgan fingerprint density at radius 3 is 1.48 bits per heavy atom. The van der Waals surface area contributed by atoms with Gasteiger partial charge in [0.15, 0.2) is 5.60 Å². The summed E-state index contributed by atoms with van der Waals surface area (Å²) in [6.07, 6.45) is 7.32. The van der Waals surface area contributed by atoms with Crippen molar-refractivity contribution >= 4 is 17.9 Å². The van der Waals surface area contributed by atoms with Gasteiger partial charge in [-0.1, -0.05) is 92.4 Å². The fourth-order valence-electron chi connectivity index (χ4n) is 4.94. The fourth-order valence-corrected chi connectivity index (χ4v) is 4.94. The average molecular weight is 473 g/mol. The summed E-state index contributed by atoms with van der Waals surface area (Å²) in [5.41, 5.74) is -4.15. The molecule has 3 atom stereocenters. The maximum absolute atomic E-state index is 13.1. The van der Waals surface area contributed by atoms with E-state index in [4.69, 9.17) is 4.74 Å². The van der Waals surface area contributed by atoms with Crippen LogP contribution in [0.1, 0.15) is 118 Å². The van der Waals surface area contributed by atoms with Gasteiger partial charge in [0.2, 0.25) is 0 Å². The van der Waals surface area contributed by atoms with Crippen LogP contribution in [0.25, 0.3) is 0 Å². The third kappa shape index (κ3) is 8.91. The molecule has 0 aliphatic heterocycles. The van der Waals surface area contributed by atoms with Crippen molar-refractivity contribution in [1.82, 2.24) is 0 Å². The van der Waals surface area contributed by atoms with Gasteiger partial charge in [0.1, 0.15) is 5.41 Å². The van der Waals surface area contributed by atoms with Crippen LogP contribution in [0.3, 0.4) is 0 Å². The number of hydrogen-bond acceptors (Lipinski definition) is 4. The highest BCUT2D eigenvalue weighted by Gasteiger charge is 2.64. The SMILES string of the molecule is CCCCOC(CC(=O)O)(C(=O)O)C(CC(CC)CCCC)(CC(CC)CCCC)C(=O)O. The number of rotatable bonds is 21. The Bertz CT molecular complexity index is 571. The minimum Gasteiger partial charge on any atom is -0.481 e. The van der Waals surface area contributed by atoms with E-state index in [0.717, 1.165) is 44.9 Å². The largest absolute Gasteiger partial charge is 0.481 e. The second-order valence-corrected chi connectivity index (χ2v) is 9.53. The molecule has 194 valence electrons. The maximum atomic E-state index is 13.1. The third-order valence-corrected chi connectivity index (χ3v) is 7.14. The van der Waals surface area contributed by atoms with Gasteiger partial charge in [-0.15, -0.1) is 0 Å². The number of carboxylic acid groups (broad SMARTS) is 3. The fraction of sp³-hybridized carbons (Fsp3) is 0.885. The van der Waals surface area contributed by atoms with Crippen molar-refractivity contribution in [2.24, 2.45) is 17.3 Å². The van der Waals surface area contributed by atoms with Crippen LogP contribution in [-0.4, -0.2) is 45.4 Å². The molecule has 0 saturated carbocycles. The number of hydrogen-bond donors (Lipinski definition) is 3. The Kier molecular flexibility index (Phi) is 15.3. The van der Waals surface area contributed by atoms with Gasteiger partial charge in [0.05, 0.1) is 6.42 Å². The number of ether oxygens (including phenoxy) is 1. The van der Waals surface area contributed by atoms with E-state index in [-0.39, 0.29) is 31.3 Å². The van der Waals surface area contributed by atoms with Crippen LogP contribution in [0.2, 0.25) is 0 Å². The quantitative estimate of drug-likeness (QED) is 0.166. The van der Waals surface area contributed by atoms with Crippen LogP contribution in [0.5, 0.6) is 0 Å². The van der Waals surface area contributed by atoms with Gasteiger partial charge in [0, 0.05) is 6.61 Å². The number of carboxylic acids is 3. The zero-order valence-corrected chi connectivity index (χ0v) is 21.5. The number of carbonyl (C=O) groups is 3. The first-order valence-electron chi connectivity index (χ1n) is 12.9. The highest BCUT2D eigenvalue weighted by molar-refractivity contribution is 5.92. The van der Waals surface area contributed by atoms with Crippen molar-refractivity contribution in [3.63, 3.8) is 0 Å². The normalized spacial score (nSPS) is 17.0. The Labute approximate surface area is 200 Å². The molecule has 0 aliphatic carbocycles. The molecule has 0 saturated heterocycles. The molecule has 0 rings (SSSR count). The Balaban J connectivity index is 6.83. The summed E-state index contributed by atoms with van der Waals surface area (Å²) < 4.78 is 5.91. The Morgan fingerprint density at radius 1 is 0.727 bits per heavy atom. The highest BCUT2D eigenvalue weighted by atomic mass is 16.5. The summed E-state index contributed by atoms with van der Waals surface area (Å²) in [4.78, 5) is 37.9. The molecule has 7 heteroatoms. The topological polar surface area (TPSA) is 121 Å². The summed E-state index contributed by atoms with van der Waals surface area (Å²) in [6.45, 7) is 10.0. The van der Waals surface area contributed by atoms with E-state index in [1.54, 1.807) is 0 Å². The molecule has 0 amide bonds. The van der Waals surface area contributed by atoms with Crippen molar-refractivity contribution < 1.29 is 34.4 Å². The summed E-state index contributed by atoms with van der Waals surface area (Å²) in [6, 6.07) is 0. The standard InChI is InChI=1S/C26H48O7/c1-6-11-14-20(9-4)17-25(23(29)30,18-21(10-5)15-12-7-2)26(24(31)32,19-22(27)28)33-16-13-8-3/h20-21H,6-19H2,1-5H3,(H,27,28)(H,29,30)(H,31,32). The Morgan fingerprint density at radius 2 is 1.18 bits per heavy atom. The maximum Gasteiger partial charge on any atom is 0.337 e. The predicted octanol–water partition coefficient (Wildman–Crippen LogP) is 6.39. The van der Waals surface area contributed by atoms with Crippen molar-refractivity contribution in [3.05, 3.63) is 0 Å². The van der Waals surface area contributed by atoms with E-state index in [2.05, 4.69) is 13.8 Å².